The van der Waals surface area contributed by atoms with Crippen molar-refractivity contribution in [3.05, 3.63) is 176 Å². The van der Waals surface area contributed by atoms with E-state index in [0.717, 1.165) is 82.8 Å². The number of rotatable bonds is 5. The van der Waals surface area contributed by atoms with Crippen LogP contribution in [0.25, 0.3) is 76.9 Å². The molecule has 0 aliphatic heterocycles. The van der Waals surface area contributed by atoms with Crippen molar-refractivity contribution in [2.75, 3.05) is 4.90 Å². The molecule has 3 heteroatoms. The molecule has 3 nitrogen and oxygen atoms in total. The van der Waals surface area contributed by atoms with Crippen LogP contribution in [0.5, 0.6) is 0 Å². The number of hydrogen-bond acceptors (Lipinski definition) is 3. The minimum absolute atomic E-state index is 0.899. The topological polar surface area (TPSA) is 29.5 Å². The Kier molecular flexibility index (Phi) is 6.18. The van der Waals surface area contributed by atoms with Crippen molar-refractivity contribution < 1.29 is 8.83 Å². The van der Waals surface area contributed by atoms with Gasteiger partial charge in [0.25, 0.3) is 0 Å². The van der Waals surface area contributed by atoms with E-state index in [1.807, 2.05) is 30.3 Å². The van der Waals surface area contributed by atoms with Crippen LogP contribution in [0.3, 0.4) is 0 Å². The zero-order valence-electron chi connectivity index (χ0n) is 26.5. The Hall–Kier alpha value is -6.58. The lowest BCUT2D eigenvalue weighted by molar-refractivity contribution is 0.669. The van der Waals surface area contributed by atoms with E-state index in [1.54, 1.807) is 0 Å². The number of fused-ring (bicyclic) bond motifs is 8. The van der Waals surface area contributed by atoms with Crippen LogP contribution in [0.2, 0.25) is 0 Å². The molecular formula is C46H29NO2. The molecule has 10 rings (SSSR count). The highest BCUT2D eigenvalue weighted by Gasteiger charge is 2.19. The lowest BCUT2D eigenvalue weighted by Gasteiger charge is -2.27. The van der Waals surface area contributed by atoms with Crippen molar-refractivity contribution in [1.29, 1.82) is 0 Å². The molecule has 0 fully saturated rings. The Morgan fingerprint density at radius 2 is 0.878 bits per heavy atom. The van der Waals surface area contributed by atoms with E-state index in [-0.39, 0.29) is 0 Å². The van der Waals surface area contributed by atoms with Crippen molar-refractivity contribution in [3.63, 3.8) is 0 Å². The molecule has 0 saturated heterocycles. The van der Waals surface area contributed by atoms with E-state index < -0.39 is 0 Å². The Labute approximate surface area is 282 Å². The van der Waals surface area contributed by atoms with Crippen LogP contribution in [-0.4, -0.2) is 0 Å². The van der Waals surface area contributed by atoms with Gasteiger partial charge < -0.3 is 13.7 Å². The van der Waals surface area contributed by atoms with E-state index >= 15 is 0 Å². The molecule has 2 aromatic heterocycles. The first-order valence-corrected chi connectivity index (χ1v) is 16.6. The number of anilines is 3. The average molecular weight is 628 g/mol. The van der Waals surface area contributed by atoms with Crippen LogP contribution >= 0.6 is 0 Å². The Bertz CT molecular complexity index is 2810. The molecule has 0 aliphatic carbocycles. The lowest BCUT2D eigenvalue weighted by Crippen LogP contribution is -2.10. The molecule has 0 N–H and O–H groups in total. The van der Waals surface area contributed by atoms with E-state index in [0.29, 0.717) is 0 Å². The summed E-state index contributed by atoms with van der Waals surface area (Å²) in [5.41, 5.74) is 11.5. The number of furan rings is 2. The predicted octanol–water partition coefficient (Wildman–Crippen LogP) is 13.4. The molecule has 0 aliphatic rings. The van der Waals surface area contributed by atoms with E-state index in [1.165, 1.54) is 11.1 Å². The quantitative estimate of drug-likeness (QED) is 0.190. The number of para-hydroxylation sites is 2. The highest BCUT2D eigenvalue weighted by Crippen LogP contribution is 2.44. The zero-order chi connectivity index (χ0) is 32.3. The summed E-state index contributed by atoms with van der Waals surface area (Å²) >= 11 is 0. The van der Waals surface area contributed by atoms with Gasteiger partial charge >= 0.3 is 0 Å². The van der Waals surface area contributed by atoms with Gasteiger partial charge in [0.15, 0.2) is 0 Å². The second kappa shape index (κ2) is 11.0. The first-order chi connectivity index (χ1) is 24.3. The van der Waals surface area contributed by atoms with Crippen molar-refractivity contribution in [2.45, 2.75) is 0 Å². The van der Waals surface area contributed by atoms with Gasteiger partial charge in [-0.25, -0.2) is 0 Å². The van der Waals surface area contributed by atoms with Crippen molar-refractivity contribution in [1.82, 2.24) is 0 Å². The van der Waals surface area contributed by atoms with Gasteiger partial charge in [-0.1, -0.05) is 121 Å². The third-order valence-electron chi connectivity index (χ3n) is 9.69. The van der Waals surface area contributed by atoms with Crippen LogP contribution in [0.4, 0.5) is 17.1 Å². The number of nitrogens with zero attached hydrogens (tertiary/aromatic N) is 1. The van der Waals surface area contributed by atoms with Gasteiger partial charge in [0, 0.05) is 43.7 Å². The molecular weight excluding hydrogens is 599 g/mol. The highest BCUT2D eigenvalue weighted by molar-refractivity contribution is 6.18. The summed E-state index contributed by atoms with van der Waals surface area (Å²) in [5, 5.41) is 6.75. The van der Waals surface area contributed by atoms with Crippen LogP contribution in [0.15, 0.2) is 185 Å². The maximum atomic E-state index is 6.47. The zero-order valence-corrected chi connectivity index (χ0v) is 26.5. The molecule has 0 bridgehead atoms. The molecule has 0 unspecified atom stereocenters. The Balaban J connectivity index is 1.15. The van der Waals surface area contributed by atoms with Gasteiger partial charge in [-0.3, -0.25) is 0 Å². The fraction of sp³-hybridized carbons (Fsp3) is 0. The molecule has 0 spiro atoms. The number of hydrogen-bond donors (Lipinski definition) is 0. The van der Waals surface area contributed by atoms with Gasteiger partial charge in [-0.15, -0.1) is 0 Å². The molecule has 0 atom stereocenters. The molecule has 49 heavy (non-hydrogen) atoms. The van der Waals surface area contributed by atoms with E-state index in [4.69, 9.17) is 8.83 Å². The normalized spacial score (nSPS) is 11.7. The van der Waals surface area contributed by atoms with Gasteiger partial charge in [-0.05, 0) is 76.9 Å². The minimum atomic E-state index is 0.899. The predicted molar refractivity (Wildman–Crippen MR) is 204 cm³/mol. The third kappa shape index (κ3) is 4.44. The first kappa shape index (κ1) is 27.5. The van der Waals surface area contributed by atoms with E-state index in [2.05, 4.69) is 150 Å². The van der Waals surface area contributed by atoms with Crippen molar-refractivity contribution in [2.24, 2.45) is 0 Å². The van der Waals surface area contributed by atoms with Gasteiger partial charge in [0.1, 0.15) is 22.3 Å². The molecule has 0 saturated carbocycles. The lowest BCUT2D eigenvalue weighted by atomic mass is 9.98. The molecule has 10 aromatic rings. The summed E-state index contributed by atoms with van der Waals surface area (Å²) in [4.78, 5) is 2.35. The van der Waals surface area contributed by atoms with Gasteiger partial charge in [-0.2, -0.15) is 0 Å². The summed E-state index contributed by atoms with van der Waals surface area (Å²) in [6, 6.07) is 62.0. The van der Waals surface area contributed by atoms with Gasteiger partial charge in [0.2, 0.25) is 0 Å². The molecule has 0 amide bonds. The smallest absolute Gasteiger partial charge is 0.143 e. The van der Waals surface area contributed by atoms with Crippen LogP contribution in [0, 0.1) is 0 Å². The Morgan fingerprint density at radius 1 is 0.327 bits per heavy atom. The van der Waals surface area contributed by atoms with Crippen LogP contribution in [-0.2, 0) is 0 Å². The van der Waals surface area contributed by atoms with Gasteiger partial charge in [0.05, 0.1) is 5.69 Å². The van der Waals surface area contributed by atoms with Crippen molar-refractivity contribution in [3.8, 4) is 22.3 Å². The summed E-state index contributed by atoms with van der Waals surface area (Å²) in [7, 11) is 0. The molecule has 230 valence electrons. The molecule has 8 aromatic carbocycles. The van der Waals surface area contributed by atoms with Crippen molar-refractivity contribution >= 4 is 71.7 Å². The summed E-state index contributed by atoms with van der Waals surface area (Å²) in [6.45, 7) is 0. The third-order valence-corrected chi connectivity index (χ3v) is 9.69. The highest BCUT2D eigenvalue weighted by atomic mass is 16.3. The molecule has 0 radical (unpaired) electrons. The standard InChI is InChI=1S/C46H29NO2/c1-2-10-30(11-3-1)31-20-24-33(25-21-31)47(41-16-8-15-38-36(41)28-29-39-37-12-4-6-17-42(37)49-46(38)39)34-26-22-32(23-27-34)35-14-9-19-44-45(35)40-13-5-7-18-43(40)48-44/h1-29H. The van der Waals surface area contributed by atoms with Crippen LogP contribution < -0.4 is 4.90 Å². The summed E-state index contributed by atoms with van der Waals surface area (Å²) in [6.07, 6.45) is 0. The largest absolute Gasteiger partial charge is 0.456 e. The maximum absolute atomic E-state index is 6.47. The monoisotopic (exact) mass is 627 g/mol. The number of benzene rings is 8. The Morgan fingerprint density at radius 3 is 1.65 bits per heavy atom. The minimum Gasteiger partial charge on any atom is -0.456 e. The second-order valence-corrected chi connectivity index (χ2v) is 12.5. The maximum Gasteiger partial charge on any atom is 0.143 e. The fourth-order valence-corrected chi connectivity index (χ4v) is 7.38. The fourth-order valence-electron chi connectivity index (χ4n) is 7.38. The summed E-state index contributed by atoms with van der Waals surface area (Å²) in [5.74, 6) is 0. The SMILES string of the molecule is c1ccc(-c2ccc(N(c3ccc(-c4cccc5oc6ccccc6c45)cc3)c3cccc4c3ccc3c5ccccc5oc43)cc2)cc1. The second-order valence-electron chi connectivity index (χ2n) is 12.5. The van der Waals surface area contributed by atoms with Crippen LogP contribution in [0.1, 0.15) is 0 Å². The van der Waals surface area contributed by atoms with E-state index in [9.17, 15) is 0 Å². The first-order valence-electron chi connectivity index (χ1n) is 16.6. The summed E-state index contributed by atoms with van der Waals surface area (Å²) < 4.78 is 12.7. The average Bonchev–Trinajstić information content (AvgIpc) is 3.75. The molecule has 2 heterocycles.